The smallest absolute Gasteiger partial charge is 0.324 e. The molecule has 2 aromatic rings. The molecule has 0 aliphatic carbocycles. The fourth-order valence-corrected chi connectivity index (χ4v) is 5.38. The molecule has 0 aliphatic rings. The van der Waals surface area contributed by atoms with Gasteiger partial charge < -0.3 is 4.48 Å². The molecule has 0 saturated carbocycles. The molecule has 2 rings (SSSR count). The first-order valence-corrected chi connectivity index (χ1v) is 16.4. The quantitative estimate of drug-likeness (QED) is 0.0936. The van der Waals surface area contributed by atoms with E-state index in [0.29, 0.717) is 39.7 Å². The molecule has 0 amide bonds. The molecule has 219 valence electrons. The molecule has 1 radical (unpaired) electrons. The normalized spacial score (nSPS) is 10.6. The second-order valence-corrected chi connectivity index (χ2v) is 12.5. The fraction of sp³-hybridized carbons (Fsp3) is 0.571. The molecule has 0 spiro atoms. The summed E-state index contributed by atoms with van der Waals surface area (Å²) in [5.41, 5.74) is 0. The zero-order valence-corrected chi connectivity index (χ0v) is 30.4. The average molecular weight is 723 g/mol. The summed E-state index contributed by atoms with van der Waals surface area (Å²) in [5, 5.41) is 2.27. The predicted octanol–water partition coefficient (Wildman–Crippen LogP) is 12.1. The number of nitrogens with zero attached hydrogens (tertiary/aromatic N) is 1. The Labute approximate surface area is 284 Å². The van der Waals surface area contributed by atoms with Crippen molar-refractivity contribution in [3.8, 4) is 0 Å². The molecule has 0 N–H and O–H groups in total. The maximum atomic E-state index is 5.70. The molecule has 0 bridgehead atoms. The molecule has 0 atom stereocenters. The molecule has 0 unspecified atom stereocenters. The Morgan fingerprint density at radius 3 is 0.816 bits per heavy atom. The van der Waals surface area contributed by atoms with Crippen LogP contribution in [-0.4, -0.2) is 30.7 Å². The van der Waals surface area contributed by atoms with Gasteiger partial charge in [-0.25, -0.2) is 0 Å². The summed E-state index contributed by atoms with van der Waals surface area (Å²) in [6, 6.07) is 6.75. The van der Waals surface area contributed by atoms with Gasteiger partial charge in [-0.1, -0.05) is 99.8 Å². The standard InChI is InChI=1S/C16H36N.2C6H4Cl2S2.Ni/c1-5-9-13-17(14-10-6-2,15-11-7-3)16-12-8-4;2*7-3-1-2-4(8)6(10)5(3)9;/h5-16H2,1-4H3;2*1-2,9-10H;/q+1;;;+3. The second-order valence-electron chi connectivity index (χ2n) is 9.10. The third-order valence-electron chi connectivity index (χ3n) is 6.05. The monoisotopic (exact) mass is 720 g/mol. The number of quaternary nitrogens is 1. The van der Waals surface area contributed by atoms with E-state index in [-0.39, 0.29) is 16.5 Å². The fourth-order valence-electron chi connectivity index (χ4n) is 3.71. The Kier molecular flexibility index (Phi) is 26.2. The predicted molar refractivity (Wildman–Crippen MR) is 181 cm³/mol. The largest absolute Gasteiger partial charge is 3.00 e. The van der Waals surface area contributed by atoms with Crippen LogP contribution >= 0.6 is 96.9 Å². The molecule has 10 heteroatoms. The van der Waals surface area contributed by atoms with Crippen LogP contribution in [0.1, 0.15) is 79.1 Å². The van der Waals surface area contributed by atoms with Crippen LogP contribution in [0.5, 0.6) is 0 Å². The van der Waals surface area contributed by atoms with Gasteiger partial charge in [-0.05, 0) is 49.9 Å². The van der Waals surface area contributed by atoms with Crippen LogP contribution < -0.4 is 0 Å². The molecule has 2 aromatic carbocycles. The number of halogens is 4. The number of hydrogen-bond donors (Lipinski definition) is 4. The van der Waals surface area contributed by atoms with Crippen molar-refractivity contribution in [2.24, 2.45) is 0 Å². The van der Waals surface area contributed by atoms with Crippen LogP contribution in [0.2, 0.25) is 20.1 Å². The van der Waals surface area contributed by atoms with Crippen molar-refractivity contribution in [3.05, 3.63) is 44.4 Å². The van der Waals surface area contributed by atoms with E-state index in [4.69, 9.17) is 46.4 Å². The van der Waals surface area contributed by atoms with Gasteiger partial charge in [-0.3, -0.25) is 0 Å². The van der Waals surface area contributed by atoms with Crippen molar-refractivity contribution in [3.63, 3.8) is 0 Å². The van der Waals surface area contributed by atoms with E-state index in [9.17, 15) is 0 Å². The van der Waals surface area contributed by atoms with Gasteiger partial charge in [0.15, 0.2) is 0 Å². The van der Waals surface area contributed by atoms with Gasteiger partial charge in [0.25, 0.3) is 0 Å². The third kappa shape index (κ3) is 16.2. The van der Waals surface area contributed by atoms with Crippen LogP contribution in [-0.2, 0) is 16.5 Å². The Bertz CT molecular complexity index is 772. The van der Waals surface area contributed by atoms with Crippen molar-refractivity contribution < 1.29 is 21.0 Å². The van der Waals surface area contributed by atoms with E-state index in [2.05, 4.69) is 78.2 Å². The van der Waals surface area contributed by atoms with Gasteiger partial charge in [0.2, 0.25) is 0 Å². The Balaban J connectivity index is 0. The molecule has 1 nitrogen and oxygen atoms in total. The third-order valence-corrected chi connectivity index (χ3v) is 10.0. The SMILES string of the molecule is CCCC[N+](CCCC)(CCCC)CCCC.Sc1c(Cl)ccc(Cl)c1S.Sc1c(Cl)ccc(Cl)c1S.[Ni+3]. The number of hydrogen-bond acceptors (Lipinski definition) is 4. The van der Waals surface area contributed by atoms with Crippen molar-refractivity contribution >= 4 is 96.9 Å². The maximum absolute atomic E-state index is 5.70. The van der Waals surface area contributed by atoms with E-state index in [1.54, 1.807) is 24.3 Å². The minimum Gasteiger partial charge on any atom is -0.324 e. The minimum atomic E-state index is 0. The van der Waals surface area contributed by atoms with Crippen molar-refractivity contribution in [2.75, 3.05) is 26.2 Å². The van der Waals surface area contributed by atoms with Gasteiger partial charge >= 0.3 is 16.5 Å². The molecule has 0 saturated heterocycles. The average Bonchev–Trinajstić information content (AvgIpc) is 2.90. The van der Waals surface area contributed by atoms with Gasteiger partial charge in [0, 0.05) is 19.6 Å². The van der Waals surface area contributed by atoms with E-state index in [1.807, 2.05) is 0 Å². The molecular formula is C28H44Cl4NNiS4+4. The Hall–Kier alpha value is 1.45. The van der Waals surface area contributed by atoms with Crippen LogP contribution in [0, 0.1) is 0 Å². The second kappa shape index (κ2) is 24.0. The summed E-state index contributed by atoms with van der Waals surface area (Å²) in [4.78, 5) is 2.49. The topological polar surface area (TPSA) is 0 Å². The van der Waals surface area contributed by atoms with Crippen LogP contribution in [0.25, 0.3) is 0 Å². The zero-order chi connectivity index (χ0) is 28.4. The van der Waals surface area contributed by atoms with Crippen LogP contribution in [0.4, 0.5) is 0 Å². The Morgan fingerprint density at radius 2 is 0.658 bits per heavy atom. The molecule has 0 aliphatic heterocycles. The first kappa shape index (κ1) is 41.6. The summed E-state index contributed by atoms with van der Waals surface area (Å²) in [5.74, 6) is 0. The maximum Gasteiger partial charge on any atom is 3.00 e. The molecule has 38 heavy (non-hydrogen) atoms. The zero-order valence-electron chi connectivity index (χ0n) is 22.9. The molecule has 0 aromatic heterocycles. The first-order valence-electron chi connectivity index (χ1n) is 13.1. The van der Waals surface area contributed by atoms with Gasteiger partial charge in [-0.2, -0.15) is 0 Å². The summed E-state index contributed by atoms with van der Waals surface area (Å²) in [6.07, 6.45) is 11.1. The van der Waals surface area contributed by atoms with Crippen molar-refractivity contribution in [2.45, 2.75) is 98.6 Å². The number of rotatable bonds is 12. The van der Waals surface area contributed by atoms with Gasteiger partial charge in [0.1, 0.15) is 0 Å². The minimum absolute atomic E-state index is 0. The van der Waals surface area contributed by atoms with Gasteiger partial charge in [-0.15, -0.1) is 50.5 Å². The number of unbranched alkanes of at least 4 members (excludes halogenated alkanes) is 4. The molecule has 0 heterocycles. The van der Waals surface area contributed by atoms with E-state index >= 15 is 0 Å². The summed E-state index contributed by atoms with van der Waals surface area (Å²) in [6.45, 7) is 15.0. The van der Waals surface area contributed by atoms with E-state index in [0.717, 1.165) is 0 Å². The van der Waals surface area contributed by atoms with E-state index in [1.165, 1.54) is 82.0 Å². The summed E-state index contributed by atoms with van der Waals surface area (Å²) < 4.78 is 1.42. The van der Waals surface area contributed by atoms with Crippen LogP contribution in [0.3, 0.4) is 0 Å². The summed E-state index contributed by atoms with van der Waals surface area (Å²) >= 11 is 39.2. The first-order chi connectivity index (χ1) is 17.5. The van der Waals surface area contributed by atoms with E-state index < -0.39 is 0 Å². The number of thiol groups is 4. The van der Waals surface area contributed by atoms with Gasteiger partial charge in [0.05, 0.1) is 46.3 Å². The van der Waals surface area contributed by atoms with Crippen LogP contribution in [0.15, 0.2) is 43.8 Å². The van der Waals surface area contributed by atoms with Crippen molar-refractivity contribution in [1.82, 2.24) is 0 Å². The summed E-state index contributed by atoms with van der Waals surface area (Å²) in [7, 11) is 0. The Morgan fingerprint density at radius 1 is 0.474 bits per heavy atom. The molecular weight excluding hydrogens is 679 g/mol. The van der Waals surface area contributed by atoms with Crippen molar-refractivity contribution in [1.29, 1.82) is 0 Å². The molecule has 0 fully saturated rings. The number of benzene rings is 2.